The molecule has 1 atom stereocenters. The maximum Gasteiger partial charge on any atom is 0.282 e. The molecule has 6 nitrogen and oxygen atoms in total. The Kier molecular flexibility index (Phi) is 6.63. The zero-order valence-electron chi connectivity index (χ0n) is 18.1. The van der Waals surface area contributed by atoms with Gasteiger partial charge in [0.25, 0.3) is 5.91 Å². The van der Waals surface area contributed by atoms with E-state index in [2.05, 4.69) is 9.88 Å². The molecular formula is C24H21F2IN4O2S. The molecule has 0 aliphatic carbocycles. The van der Waals surface area contributed by atoms with E-state index in [9.17, 15) is 18.4 Å². The van der Waals surface area contributed by atoms with Crippen molar-refractivity contribution in [1.29, 1.82) is 0 Å². The molecule has 3 heterocycles. The average molecular weight is 594 g/mol. The van der Waals surface area contributed by atoms with Gasteiger partial charge in [0.1, 0.15) is 11.6 Å². The Balaban J connectivity index is 1.28. The molecule has 0 radical (unpaired) electrons. The average Bonchev–Trinajstić information content (AvgIpc) is 3.50. The maximum atomic E-state index is 14.6. The highest BCUT2D eigenvalue weighted by molar-refractivity contribution is 14.1. The van der Waals surface area contributed by atoms with Crippen LogP contribution in [0.2, 0.25) is 0 Å². The third kappa shape index (κ3) is 4.58. The number of rotatable bonds is 4. The normalized spacial score (nSPS) is 19.1. The van der Waals surface area contributed by atoms with Gasteiger partial charge in [-0.1, -0.05) is 6.07 Å². The van der Waals surface area contributed by atoms with Gasteiger partial charge in [0.2, 0.25) is 5.91 Å². The second-order valence-electron chi connectivity index (χ2n) is 8.32. The van der Waals surface area contributed by atoms with Gasteiger partial charge in [-0.3, -0.25) is 14.5 Å². The SMILES string of the molecule is O=C(c1nccs1)N1CCN(C2CC(=O)N(c3ccc(F)c(-c4ccc(F)cc4I)c3)C2)CC1. The minimum absolute atomic E-state index is 0.0161. The van der Waals surface area contributed by atoms with Gasteiger partial charge in [0.05, 0.1) is 0 Å². The second kappa shape index (κ2) is 9.67. The summed E-state index contributed by atoms with van der Waals surface area (Å²) in [5.74, 6) is -0.862. The van der Waals surface area contributed by atoms with Crippen molar-refractivity contribution in [3.8, 4) is 11.1 Å². The lowest BCUT2D eigenvalue weighted by atomic mass is 10.0. The Bertz CT molecular complexity index is 1230. The van der Waals surface area contributed by atoms with Crippen LogP contribution in [-0.4, -0.2) is 65.4 Å². The Labute approximate surface area is 213 Å². The molecule has 2 aromatic carbocycles. The lowest BCUT2D eigenvalue weighted by Gasteiger charge is -2.37. The molecule has 10 heteroatoms. The van der Waals surface area contributed by atoms with Crippen LogP contribution in [0.25, 0.3) is 11.1 Å². The molecule has 5 rings (SSSR count). The predicted octanol–water partition coefficient (Wildman–Crippen LogP) is 4.26. The smallest absolute Gasteiger partial charge is 0.282 e. The quantitative estimate of drug-likeness (QED) is 0.424. The van der Waals surface area contributed by atoms with Crippen LogP contribution < -0.4 is 4.90 Å². The third-order valence-corrected chi connectivity index (χ3v) is 7.97. The van der Waals surface area contributed by atoms with Crippen molar-refractivity contribution >= 4 is 51.4 Å². The summed E-state index contributed by atoms with van der Waals surface area (Å²) in [5, 5.41) is 2.29. The van der Waals surface area contributed by atoms with Crippen molar-refractivity contribution in [1.82, 2.24) is 14.8 Å². The Hall–Kier alpha value is -2.44. The summed E-state index contributed by atoms with van der Waals surface area (Å²) >= 11 is 3.33. The minimum atomic E-state index is -0.419. The number of carbonyl (C=O) groups is 2. The number of nitrogens with zero attached hydrogens (tertiary/aromatic N) is 4. The molecule has 0 saturated carbocycles. The summed E-state index contributed by atoms with van der Waals surface area (Å²) in [6.45, 7) is 3.06. The van der Waals surface area contributed by atoms with Gasteiger partial charge in [-0.25, -0.2) is 13.8 Å². The molecule has 2 aliphatic heterocycles. The fraction of sp³-hybridized carbons (Fsp3) is 0.292. The number of thiazole rings is 1. The summed E-state index contributed by atoms with van der Waals surface area (Å²) < 4.78 is 28.8. The number of carbonyl (C=O) groups excluding carboxylic acids is 2. The molecular weight excluding hydrogens is 573 g/mol. The molecule has 2 saturated heterocycles. The van der Waals surface area contributed by atoms with Crippen LogP contribution in [0.1, 0.15) is 16.2 Å². The van der Waals surface area contributed by atoms with Gasteiger partial charge in [-0.2, -0.15) is 0 Å². The predicted molar refractivity (Wildman–Crippen MR) is 135 cm³/mol. The van der Waals surface area contributed by atoms with E-state index in [0.29, 0.717) is 64.5 Å². The first kappa shape index (κ1) is 23.3. The van der Waals surface area contributed by atoms with E-state index in [0.717, 1.165) is 0 Å². The molecule has 0 bridgehead atoms. The van der Waals surface area contributed by atoms with Crippen molar-refractivity contribution < 1.29 is 18.4 Å². The highest BCUT2D eigenvalue weighted by atomic mass is 127. The van der Waals surface area contributed by atoms with Crippen LogP contribution in [0, 0.1) is 15.2 Å². The van der Waals surface area contributed by atoms with Crippen LogP contribution in [0.15, 0.2) is 48.0 Å². The number of halogens is 3. The number of benzene rings is 2. The van der Waals surface area contributed by atoms with Crippen LogP contribution >= 0.6 is 33.9 Å². The number of hydrogen-bond donors (Lipinski definition) is 0. The second-order valence-corrected chi connectivity index (χ2v) is 10.4. The van der Waals surface area contributed by atoms with E-state index in [4.69, 9.17) is 0 Å². The molecule has 0 spiro atoms. The van der Waals surface area contributed by atoms with Crippen LogP contribution in [-0.2, 0) is 4.79 Å². The lowest BCUT2D eigenvalue weighted by Crippen LogP contribution is -2.52. The van der Waals surface area contributed by atoms with E-state index in [1.54, 1.807) is 39.6 Å². The lowest BCUT2D eigenvalue weighted by molar-refractivity contribution is -0.117. The molecule has 34 heavy (non-hydrogen) atoms. The standard InChI is InChI=1S/C24H21F2IN4O2S/c25-15-1-3-18(21(27)11-15)19-12-16(2-4-20(19)26)31-14-17(13-22(31)32)29-6-8-30(9-7-29)24(33)23-28-5-10-34-23/h1-5,10-12,17H,6-9,13-14H2. The monoisotopic (exact) mass is 594 g/mol. The van der Waals surface area contributed by atoms with E-state index < -0.39 is 5.82 Å². The van der Waals surface area contributed by atoms with E-state index in [1.807, 2.05) is 22.6 Å². The molecule has 3 aromatic rings. The van der Waals surface area contributed by atoms with E-state index in [1.165, 1.54) is 29.5 Å². The minimum Gasteiger partial charge on any atom is -0.334 e. The highest BCUT2D eigenvalue weighted by Crippen LogP contribution is 2.33. The van der Waals surface area contributed by atoms with Crippen molar-refractivity contribution in [2.45, 2.75) is 12.5 Å². The molecule has 176 valence electrons. The van der Waals surface area contributed by atoms with Gasteiger partial charge in [0, 0.05) is 71.6 Å². The summed E-state index contributed by atoms with van der Waals surface area (Å²) in [7, 11) is 0. The summed E-state index contributed by atoms with van der Waals surface area (Å²) in [5.41, 5.74) is 1.56. The molecule has 2 fully saturated rings. The first-order chi connectivity index (χ1) is 16.4. The summed E-state index contributed by atoms with van der Waals surface area (Å²) in [4.78, 5) is 35.3. The summed E-state index contributed by atoms with van der Waals surface area (Å²) in [6.07, 6.45) is 2.01. The van der Waals surface area contributed by atoms with Gasteiger partial charge in [-0.05, 0) is 58.5 Å². The van der Waals surface area contributed by atoms with E-state index >= 15 is 0 Å². The molecule has 0 N–H and O–H groups in total. The third-order valence-electron chi connectivity index (χ3n) is 6.32. The zero-order chi connectivity index (χ0) is 23.8. The number of piperazine rings is 1. The Morgan fingerprint density at radius 1 is 1.06 bits per heavy atom. The van der Waals surface area contributed by atoms with Gasteiger partial charge < -0.3 is 9.80 Å². The Morgan fingerprint density at radius 3 is 2.56 bits per heavy atom. The van der Waals surface area contributed by atoms with Crippen molar-refractivity contribution in [2.75, 3.05) is 37.6 Å². The highest BCUT2D eigenvalue weighted by Gasteiger charge is 2.36. The number of hydrogen-bond acceptors (Lipinski definition) is 5. The van der Waals surface area contributed by atoms with Crippen molar-refractivity contribution in [3.05, 3.63) is 68.2 Å². The largest absolute Gasteiger partial charge is 0.334 e. The van der Waals surface area contributed by atoms with Crippen LogP contribution in [0.3, 0.4) is 0 Å². The Morgan fingerprint density at radius 2 is 1.85 bits per heavy atom. The fourth-order valence-corrected chi connectivity index (χ4v) is 5.90. The topological polar surface area (TPSA) is 56.8 Å². The van der Waals surface area contributed by atoms with E-state index in [-0.39, 0.29) is 23.7 Å². The van der Waals surface area contributed by atoms with Crippen LogP contribution in [0.4, 0.5) is 14.5 Å². The fourth-order valence-electron chi connectivity index (χ4n) is 4.53. The van der Waals surface area contributed by atoms with Crippen LogP contribution in [0.5, 0.6) is 0 Å². The number of amides is 2. The molecule has 1 unspecified atom stereocenters. The zero-order valence-corrected chi connectivity index (χ0v) is 21.1. The molecule has 1 aromatic heterocycles. The van der Waals surface area contributed by atoms with Crippen molar-refractivity contribution in [3.63, 3.8) is 0 Å². The summed E-state index contributed by atoms with van der Waals surface area (Å²) in [6, 6.07) is 8.88. The van der Waals surface area contributed by atoms with Gasteiger partial charge >= 0.3 is 0 Å². The first-order valence-corrected chi connectivity index (χ1v) is 12.8. The number of anilines is 1. The first-order valence-electron chi connectivity index (χ1n) is 10.9. The van der Waals surface area contributed by atoms with Gasteiger partial charge in [0.15, 0.2) is 5.01 Å². The maximum absolute atomic E-state index is 14.6. The number of aromatic nitrogens is 1. The van der Waals surface area contributed by atoms with Crippen molar-refractivity contribution in [2.24, 2.45) is 0 Å². The van der Waals surface area contributed by atoms with Gasteiger partial charge in [-0.15, -0.1) is 11.3 Å². The molecule has 2 amide bonds. The molecule has 2 aliphatic rings.